The molecule has 2 atom stereocenters. The van der Waals surface area contributed by atoms with Gasteiger partial charge in [-0.3, -0.25) is 4.79 Å². The number of benzene rings is 2. The monoisotopic (exact) mass is 449 g/mol. The van der Waals surface area contributed by atoms with Crippen molar-refractivity contribution in [2.75, 3.05) is 13.1 Å². The molecule has 4 nitrogen and oxygen atoms in total. The number of pyridine rings is 1. The van der Waals surface area contributed by atoms with Gasteiger partial charge in [0.15, 0.2) is 0 Å². The Balaban J connectivity index is 0.00000160. The van der Waals surface area contributed by atoms with Gasteiger partial charge >= 0.3 is 0 Å². The van der Waals surface area contributed by atoms with Gasteiger partial charge in [-0.2, -0.15) is 0 Å². The van der Waals surface area contributed by atoms with Crippen LogP contribution in [-0.2, 0) is 0 Å². The Morgan fingerprint density at radius 2 is 1.90 bits per heavy atom. The van der Waals surface area contributed by atoms with E-state index in [0.717, 1.165) is 18.4 Å². The zero-order valence-electron chi connectivity index (χ0n) is 16.8. The van der Waals surface area contributed by atoms with Crippen molar-refractivity contribution in [3.8, 4) is 11.3 Å². The highest BCUT2D eigenvalue weighted by molar-refractivity contribution is 6.07. The van der Waals surface area contributed by atoms with Crippen LogP contribution in [0.2, 0.25) is 0 Å². The lowest BCUT2D eigenvalue weighted by Crippen LogP contribution is -2.45. The topological polar surface area (TPSA) is 59.2 Å². The van der Waals surface area contributed by atoms with Crippen molar-refractivity contribution in [2.45, 2.75) is 25.8 Å². The van der Waals surface area contributed by atoms with Gasteiger partial charge in [0.1, 0.15) is 5.82 Å². The van der Waals surface area contributed by atoms with E-state index >= 15 is 0 Å². The first-order chi connectivity index (χ1) is 13.5. The number of halogens is 3. The number of rotatable bonds is 3. The van der Waals surface area contributed by atoms with Crippen LogP contribution in [0.4, 0.5) is 4.39 Å². The van der Waals surface area contributed by atoms with Crippen molar-refractivity contribution >= 4 is 41.6 Å². The van der Waals surface area contributed by atoms with Crippen LogP contribution in [0.15, 0.2) is 54.6 Å². The summed E-state index contributed by atoms with van der Waals surface area (Å²) in [4.78, 5) is 19.9. The first-order valence-electron chi connectivity index (χ1n) is 9.73. The maximum atomic E-state index is 13.8. The zero-order valence-corrected chi connectivity index (χ0v) is 18.4. The zero-order chi connectivity index (χ0) is 19.7. The summed E-state index contributed by atoms with van der Waals surface area (Å²) in [6.45, 7) is 3.37. The molecule has 30 heavy (non-hydrogen) atoms. The minimum absolute atomic E-state index is 0. The van der Waals surface area contributed by atoms with E-state index in [1.807, 2.05) is 48.2 Å². The number of likely N-dealkylation sites (tertiary alicyclic amines) is 1. The molecule has 0 spiro atoms. The number of hydrogen-bond donors (Lipinski definition) is 1. The third-order valence-electron chi connectivity index (χ3n) is 5.56. The molecule has 7 heteroatoms. The SMILES string of the molecule is CC(N)C1CCCN(C(=O)c2cc(-c3ccccc3)nc3cc(F)ccc23)C1.Cl.Cl. The minimum Gasteiger partial charge on any atom is -0.338 e. The van der Waals surface area contributed by atoms with E-state index in [1.54, 1.807) is 6.07 Å². The van der Waals surface area contributed by atoms with Gasteiger partial charge in [-0.05, 0) is 43.9 Å². The van der Waals surface area contributed by atoms with Gasteiger partial charge in [0, 0.05) is 36.1 Å². The summed E-state index contributed by atoms with van der Waals surface area (Å²) in [5.41, 5.74) is 8.71. The molecule has 0 aliphatic carbocycles. The number of nitrogens with two attached hydrogens (primary N) is 1. The summed E-state index contributed by atoms with van der Waals surface area (Å²) in [6, 6.07) is 15.9. The maximum absolute atomic E-state index is 13.8. The number of carbonyl (C=O) groups excluding carboxylic acids is 1. The molecule has 1 aliphatic rings. The molecule has 3 aromatic rings. The third-order valence-corrected chi connectivity index (χ3v) is 5.56. The molecule has 0 bridgehead atoms. The molecule has 1 aliphatic heterocycles. The molecule has 2 aromatic carbocycles. The minimum atomic E-state index is -0.362. The third kappa shape index (κ3) is 4.91. The number of amides is 1. The summed E-state index contributed by atoms with van der Waals surface area (Å²) in [5.74, 6) is -0.100. The molecule has 1 aromatic heterocycles. The highest BCUT2D eigenvalue weighted by Gasteiger charge is 2.28. The first kappa shape index (κ1) is 24.1. The van der Waals surface area contributed by atoms with Gasteiger partial charge in [0.25, 0.3) is 5.91 Å². The average Bonchev–Trinajstić information content (AvgIpc) is 2.73. The number of piperidine rings is 1. The molecule has 2 unspecified atom stereocenters. The normalized spacial score (nSPS) is 17.0. The van der Waals surface area contributed by atoms with E-state index in [2.05, 4.69) is 4.98 Å². The summed E-state index contributed by atoms with van der Waals surface area (Å²) in [7, 11) is 0. The number of hydrogen-bond acceptors (Lipinski definition) is 3. The molecule has 1 amide bonds. The summed E-state index contributed by atoms with van der Waals surface area (Å²) in [6.07, 6.45) is 1.99. The molecular weight excluding hydrogens is 424 g/mol. The second-order valence-electron chi connectivity index (χ2n) is 7.60. The lowest BCUT2D eigenvalue weighted by atomic mass is 9.91. The molecule has 2 N–H and O–H groups in total. The van der Waals surface area contributed by atoms with Crippen molar-refractivity contribution in [3.63, 3.8) is 0 Å². The molecule has 0 saturated carbocycles. The highest BCUT2D eigenvalue weighted by Crippen LogP contribution is 2.28. The number of fused-ring (bicyclic) bond motifs is 1. The molecule has 160 valence electrons. The quantitative estimate of drug-likeness (QED) is 0.605. The van der Waals surface area contributed by atoms with Crippen LogP contribution in [0, 0.1) is 11.7 Å². The van der Waals surface area contributed by atoms with Crippen LogP contribution in [0.5, 0.6) is 0 Å². The van der Waals surface area contributed by atoms with Gasteiger partial charge in [-0.15, -0.1) is 24.8 Å². The van der Waals surface area contributed by atoms with Crippen LogP contribution in [0.25, 0.3) is 22.2 Å². The van der Waals surface area contributed by atoms with Crippen LogP contribution < -0.4 is 5.73 Å². The second-order valence-corrected chi connectivity index (χ2v) is 7.60. The van der Waals surface area contributed by atoms with Crippen molar-refractivity contribution in [1.29, 1.82) is 0 Å². The fourth-order valence-electron chi connectivity index (χ4n) is 3.93. The Bertz CT molecular complexity index is 1010. The van der Waals surface area contributed by atoms with Gasteiger partial charge in [0.2, 0.25) is 0 Å². The first-order valence-corrected chi connectivity index (χ1v) is 9.73. The number of carbonyl (C=O) groups is 1. The van der Waals surface area contributed by atoms with E-state index in [1.165, 1.54) is 12.1 Å². The standard InChI is InChI=1S/C23H24FN3O.2ClH/c1-15(25)17-8-5-11-27(14-17)23(28)20-13-21(16-6-3-2-4-7-16)26-22-12-18(24)9-10-19(20)22;;/h2-4,6-7,9-10,12-13,15,17H,5,8,11,14,25H2,1H3;2*1H. The Hall–Kier alpha value is -2.21. The molecule has 2 heterocycles. The highest BCUT2D eigenvalue weighted by atomic mass is 35.5. The predicted octanol–water partition coefficient (Wildman–Crippen LogP) is 5.08. The lowest BCUT2D eigenvalue weighted by Gasteiger charge is -2.35. The summed E-state index contributed by atoms with van der Waals surface area (Å²) >= 11 is 0. The summed E-state index contributed by atoms with van der Waals surface area (Å²) < 4.78 is 13.8. The van der Waals surface area contributed by atoms with E-state index in [4.69, 9.17) is 5.73 Å². The van der Waals surface area contributed by atoms with Crippen molar-refractivity contribution in [3.05, 3.63) is 66.0 Å². The largest absolute Gasteiger partial charge is 0.338 e. The number of nitrogens with zero attached hydrogens (tertiary/aromatic N) is 2. The molecule has 0 radical (unpaired) electrons. The van der Waals surface area contributed by atoms with Gasteiger partial charge in [0.05, 0.1) is 16.8 Å². The van der Waals surface area contributed by atoms with Crippen molar-refractivity contribution in [1.82, 2.24) is 9.88 Å². The van der Waals surface area contributed by atoms with Crippen LogP contribution >= 0.6 is 24.8 Å². The second kappa shape index (κ2) is 10.2. The van der Waals surface area contributed by atoms with Crippen molar-refractivity contribution in [2.24, 2.45) is 11.7 Å². The summed E-state index contributed by atoms with van der Waals surface area (Å²) in [5, 5.41) is 0.675. The van der Waals surface area contributed by atoms with Gasteiger partial charge < -0.3 is 10.6 Å². The lowest BCUT2D eigenvalue weighted by molar-refractivity contribution is 0.0663. The smallest absolute Gasteiger partial charge is 0.254 e. The van der Waals surface area contributed by atoms with Gasteiger partial charge in [-0.1, -0.05) is 30.3 Å². The Morgan fingerprint density at radius 3 is 2.60 bits per heavy atom. The maximum Gasteiger partial charge on any atom is 0.254 e. The average molecular weight is 450 g/mol. The Labute approximate surface area is 188 Å². The molecule has 1 saturated heterocycles. The Morgan fingerprint density at radius 1 is 1.17 bits per heavy atom. The molecule has 1 fully saturated rings. The van der Waals surface area contributed by atoms with Crippen LogP contribution in [-0.4, -0.2) is 34.9 Å². The van der Waals surface area contributed by atoms with Gasteiger partial charge in [-0.25, -0.2) is 9.37 Å². The molecular formula is C23H26Cl2FN3O. The molecule has 4 rings (SSSR count). The van der Waals surface area contributed by atoms with Crippen LogP contribution in [0.3, 0.4) is 0 Å². The fraction of sp³-hybridized carbons (Fsp3) is 0.304. The predicted molar refractivity (Wildman–Crippen MR) is 124 cm³/mol. The van der Waals surface area contributed by atoms with E-state index in [9.17, 15) is 9.18 Å². The fourth-order valence-corrected chi connectivity index (χ4v) is 3.93. The van der Waals surface area contributed by atoms with Crippen molar-refractivity contribution < 1.29 is 9.18 Å². The van der Waals surface area contributed by atoms with E-state index < -0.39 is 0 Å². The van der Waals surface area contributed by atoms with Crippen LogP contribution in [0.1, 0.15) is 30.1 Å². The van der Waals surface area contributed by atoms with E-state index in [0.29, 0.717) is 41.2 Å². The number of aromatic nitrogens is 1. The van der Waals surface area contributed by atoms with E-state index in [-0.39, 0.29) is 42.6 Å². The Kier molecular flexibility index (Phi) is 8.18.